The van der Waals surface area contributed by atoms with Crippen LogP contribution in [0.4, 0.5) is 5.69 Å². The number of para-hydroxylation sites is 1. The summed E-state index contributed by atoms with van der Waals surface area (Å²) in [6.45, 7) is 2.98. The van der Waals surface area contributed by atoms with Crippen LogP contribution in [0.25, 0.3) is 0 Å². The van der Waals surface area contributed by atoms with Crippen LogP contribution in [0.15, 0.2) is 42.5 Å². The van der Waals surface area contributed by atoms with Gasteiger partial charge in [-0.05, 0) is 44.2 Å². The highest BCUT2D eigenvalue weighted by molar-refractivity contribution is 6.32. The summed E-state index contributed by atoms with van der Waals surface area (Å²) < 4.78 is 10.5. The van der Waals surface area contributed by atoms with Crippen LogP contribution in [0, 0.1) is 0 Å². The summed E-state index contributed by atoms with van der Waals surface area (Å²) in [7, 11) is 1.46. The highest BCUT2D eigenvalue weighted by Gasteiger charge is 2.62. The molecule has 2 aromatic carbocycles. The molecule has 0 radical (unpaired) electrons. The summed E-state index contributed by atoms with van der Waals surface area (Å²) in [6, 6.07) is 10.8. The van der Waals surface area contributed by atoms with Crippen molar-refractivity contribution in [3.8, 4) is 5.75 Å². The van der Waals surface area contributed by atoms with E-state index in [1.807, 2.05) is 0 Å². The standard InChI is InChI=1S/C24H23ClN2O6/c1-14(2)26-22(30)16-6-4-5-7-18(16)27-21(29)10-11-24(26,27)23(31)33-13-19(28)15-8-9-20(32-3)17(25)12-15/h4-9,12,14H,10-11,13H2,1-3H3. The molecule has 1 unspecified atom stereocenters. The number of ether oxygens (including phenoxy) is 2. The molecule has 1 atom stereocenters. The molecule has 33 heavy (non-hydrogen) atoms. The lowest BCUT2D eigenvalue weighted by molar-refractivity contribution is -0.157. The number of fused-ring (bicyclic) bond motifs is 3. The van der Waals surface area contributed by atoms with Crippen LogP contribution in [0.2, 0.25) is 5.02 Å². The Morgan fingerprint density at radius 2 is 1.88 bits per heavy atom. The lowest BCUT2D eigenvalue weighted by atomic mass is 9.95. The Bertz CT molecular complexity index is 1160. The second-order valence-electron chi connectivity index (χ2n) is 8.18. The molecule has 2 amide bonds. The van der Waals surface area contributed by atoms with Crippen LogP contribution in [-0.2, 0) is 14.3 Å². The number of esters is 1. The Morgan fingerprint density at radius 1 is 1.15 bits per heavy atom. The van der Waals surface area contributed by atoms with Crippen molar-refractivity contribution in [2.24, 2.45) is 0 Å². The van der Waals surface area contributed by atoms with Gasteiger partial charge in [-0.2, -0.15) is 0 Å². The number of ketones is 1. The van der Waals surface area contributed by atoms with E-state index in [9.17, 15) is 19.2 Å². The first-order valence-electron chi connectivity index (χ1n) is 10.5. The SMILES string of the molecule is COc1ccc(C(=O)COC(=O)C23CCC(=O)N2c2ccccc2C(=O)N3C(C)C)cc1Cl. The van der Waals surface area contributed by atoms with E-state index < -0.39 is 30.1 Å². The van der Waals surface area contributed by atoms with Gasteiger partial charge < -0.3 is 14.4 Å². The third kappa shape index (κ3) is 3.54. The molecule has 0 aliphatic carbocycles. The number of benzene rings is 2. The van der Waals surface area contributed by atoms with E-state index in [0.717, 1.165) is 0 Å². The van der Waals surface area contributed by atoms with Gasteiger partial charge in [0.05, 0.1) is 23.4 Å². The molecule has 9 heteroatoms. The van der Waals surface area contributed by atoms with Crippen LogP contribution in [-0.4, -0.2) is 53.9 Å². The van der Waals surface area contributed by atoms with Gasteiger partial charge in [-0.3, -0.25) is 19.3 Å². The topological polar surface area (TPSA) is 93.2 Å². The highest BCUT2D eigenvalue weighted by Crippen LogP contribution is 2.46. The van der Waals surface area contributed by atoms with Crippen molar-refractivity contribution in [3.05, 3.63) is 58.6 Å². The Labute approximate surface area is 196 Å². The van der Waals surface area contributed by atoms with Crippen LogP contribution >= 0.6 is 11.6 Å². The Morgan fingerprint density at radius 3 is 2.55 bits per heavy atom. The Balaban J connectivity index is 1.66. The van der Waals surface area contributed by atoms with Crippen molar-refractivity contribution in [1.29, 1.82) is 0 Å². The number of hydrogen-bond donors (Lipinski definition) is 0. The third-order valence-corrected chi connectivity index (χ3v) is 6.25. The van der Waals surface area contributed by atoms with E-state index in [2.05, 4.69) is 0 Å². The molecular formula is C24H23ClN2O6. The predicted octanol–water partition coefficient (Wildman–Crippen LogP) is 3.46. The normalized spacial score (nSPS) is 19.4. The fourth-order valence-corrected chi connectivity index (χ4v) is 4.80. The molecule has 0 N–H and O–H groups in total. The molecular weight excluding hydrogens is 448 g/mol. The van der Waals surface area contributed by atoms with Crippen LogP contribution in [0.3, 0.4) is 0 Å². The number of halogens is 1. The van der Waals surface area contributed by atoms with E-state index in [4.69, 9.17) is 21.1 Å². The second kappa shape index (κ2) is 8.51. The maximum atomic E-state index is 13.5. The predicted molar refractivity (Wildman–Crippen MR) is 120 cm³/mol. The van der Waals surface area contributed by atoms with Gasteiger partial charge in [0.15, 0.2) is 12.4 Å². The van der Waals surface area contributed by atoms with Crippen molar-refractivity contribution in [2.75, 3.05) is 18.6 Å². The molecule has 2 aliphatic heterocycles. The molecule has 0 spiro atoms. The van der Waals surface area contributed by atoms with Crippen molar-refractivity contribution in [1.82, 2.24) is 4.90 Å². The van der Waals surface area contributed by atoms with E-state index in [1.165, 1.54) is 29.0 Å². The Hall–Kier alpha value is -3.39. The van der Waals surface area contributed by atoms with Crippen LogP contribution in [0.1, 0.15) is 47.4 Å². The number of hydrogen-bond acceptors (Lipinski definition) is 6. The number of anilines is 1. The number of carbonyl (C=O) groups is 4. The Kier molecular flexibility index (Phi) is 5.88. The molecule has 8 nitrogen and oxygen atoms in total. The molecule has 0 saturated carbocycles. The molecule has 2 aliphatic rings. The summed E-state index contributed by atoms with van der Waals surface area (Å²) >= 11 is 6.09. The largest absolute Gasteiger partial charge is 0.495 e. The van der Waals surface area contributed by atoms with Gasteiger partial charge in [0.25, 0.3) is 5.91 Å². The first-order chi connectivity index (χ1) is 15.7. The highest BCUT2D eigenvalue weighted by atomic mass is 35.5. The lowest BCUT2D eigenvalue weighted by Crippen LogP contribution is -2.70. The van der Waals surface area contributed by atoms with Gasteiger partial charge in [0.1, 0.15) is 5.75 Å². The number of carbonyl (C=O) groups excluding carboxylic acids is 4. The molecule has 172 valence electrons. The summed E-state index contributed by atoms with van der Waals surface area (Å²) in [6.07, 6.45) is 0.146. The van der Waals surface area contributed by atoms with Crippen LogP contribution in [0.5, 0.6) is 5.75 Å². The molecule has 2 heterocycles. The van der Waals surface area contributed by atoms with Gasteiger partial charge in [0.2, 0.25) is 11.6 Å². The maximum absolute atomic E-state index is 13.5. The first kappa shape index (κ1) is 22.8. The third-order valence-electron chi connectivity index (χ3n) is 5.95. The molecule has 0 bridgehead atoms. The zero-order valence-electron chi connectivity index (χ0n) is 18.5. The average Bonchev–Trinajstić information content (AvgIpc) is 3.15. The van der Waals surface area contributed by atoms with Crippen molar-refractivity contribution >= 4 is 40.9 Å². The summed E-state index contributed by atoms with van der Waals surface area (Å²) in [5, 5.41) is 0.251. The number of methoxy groups -OCH3 is 1. The van der Waals surface area contributed by atoms with Crippen LogP contribution < -0.4 is 9.64 Å². The van der Waals surface area contributed by atoms with Gasteiger partial charge >= 0.3 is 5.97 Å². The number of amides is 2. The van der Waals surface area contributed by atoms with Crippen molar-refractivity contribution in [2.45, 2.75) is 38.4 Å². The lowest BCUT2D eigenvalue weighted by Gasteiger charge is -2.50. The second-order valence-corrected chi connectivity index (χ2v) is 8.59. The molecule has 1 fully saturated rings. The van der Waals surface area contributed by atoms with Gasteiger partial charge in [0, 0.05) is 24.4 Å². The zero-order chi connectivity index (χ0) is 23.9. The molecule has 4 rings (SSSR count). The van der Waals surface area contributed by atoms with Gasteiger partial charge in [-0.25, -0.2) is 4.79 Å². The number of nitrogens with zero attached hydrogens (tertiary/aromatic N) is 2. The monoisotopic (exact) mass is 470 g/mol. The summed E-state index contributed by atoms with van der Waals surface area (Å²) in [4.78, 5) is 55.2. The maximum Gasteiger partial charge on any atom is 0.354 e. The summed E-state index contributed by atoms with van der Waals surface area (Å²) in [5.74, 6) is -1.53. The fourth-order valence-electron chi connectivity index (χ4n) is 4.54. The average molecular weight is 471 g/mol. The van der Waals surface area contributed by atoms with E-state index in [-0.39, 0.29) is 35.2 Å². The summed E-state index contributed by atoms with van der Waals surface area (Å²) in [5.41, 5.74) is -0.689. The first-order valence-corrected chi connectivity index (χ1v) is 10.9. The van der Waals surface area contributed by atoms with Crippen molar-refractivity contribution in [3.63, 3.8) is 0 Å². The molecule has 2 aromatic rings. The fraction of sp³-hybridized carbons (Fsp3) is 0.333. The van der Waals surface area contributed by atoms with Gasteiger partial charge in [-0.15, -0.1) is 0 Å². The zero-order valence-corrected chi connectivity index (χ0v) is 19.2. The van der Waals surface area contributed by atoms with Crippen molar-refractivity contribution < 1.29 is 28.7 Å². The molecule has 0 aromatic heterocycles. The minimum absolute atomic E-state index is 0.0714. The minimum atomic E-state index is -1.64. The number of rotatable bonds is 6. The smallest absolute Gasteiger partial charge is 0.354 e. The van der Waals surface area contributed by atoms with E-state index >= 15 is 0 Å². The minimum Gasteiger partial charge on any atom is -0.495 e. The van der Waals surface area contributed by atoms with Gasteiger partial charge in [-0.1, -0.05) is 23.7 Å². The quantitative estimate of drug-likeness (QED) is 0.474. The molecule has 1 saturated heterocycles. The number of Topliss-reactive ketones (excluding diaryl/α,β-unsaturated/α-hetero) is 1. The van der Waals surface area contributed by atoms with E-state index in [1.54, 1.807) is 44.2 Å². The van der Waals surface area contributed by atoms with E-state index in [0.29, 0.717) is 17.0 Å².